The highest BCUT2D eigenvalue weighted by Crippen LogP contribution is 2.50. The molecule has 2 fully saturated rings. The number of phenols is 3. The molecule has 588 valence electrons. The summed E-state index contributed by atoms with van der Waals surface area (Å²) >= 11 is 14.1. The molecule has 5 aromatic carbocycles. The number of rotatable bonds is 16. The first-order chi connectivity index (χ1) is 51.3. The van der Waals surface area contributed by atoms with E-state index in [1.165, 1.54) is 33.0 Å². The zero-order valence-electron chi connectivity index (χ0n) is 58.4. The van der Waals surface area contributed by atoms with Gasteiger partial charge in [-0.15, -0.1) is 0 Å². The Balaban J connectivity index is 0.00000162. The second kappa shape index (κ2) is 34.5. The number of amides is 7. The van der Waals surface area contributed by atoms with Gasteiger partial charge in [-0.05, 0) is 110 Å². The maximum Gasteiger partial charge on any atom is 0.330 e. The predicted molar refractivity (Wildman–Crippen MR) is 374 cm³/mol. The number of aliphatic carboxylic acids is 3. The smallest absolute Gasteiger partial charge is 0.330 e. The lowest BCUT2D eigenvalue weighted by molar-refractivity contribution is -0.333. The second-order valence-electron chi connectivity index (χ2n) is 27.0. The largest absolute Gasteiger partial charge is 0.508 e. The minimum Gasteiger partial charge on any atom is -0.508 e. The number of aliphatic hydroxyl groups excluding tert-OH is 6. The number of fused-ring (bicyclic) bond motifs is 15. The Kier molecular flexibility index (Phi) is 26.2. The van der Waals surface area contributed by atoms with Gasteiger partial charge in [0, 0.05) is 34.7 Å². The van der Waals surface area contributed by atoms with E-state index in [-0.39, 0.29) is 59.1 Å². The van der Waals surface area contributed by atoms with E-state index in [0.29, 0.717) is 0 Å². The van der Waals surface area contributed by atoms with Gasteiger partial charge in [0.15, 0.2) is 29.9 Å². The molecule has 7 aliphatic heterocycles. The number of hydrogen-bond donors (Lipinski definition) is 21. The van der Waals surface area contributed by atoms with Crippen LogP contribution < -0.4 is 62.9 Å². The lowest BCUT2D eigenvalue weighted by Gasteiger charge is -2.47. The summed E-state index contributed by atoms with van der Waals surface area (Å²) in [6.45, 7) is 5.66. The number of carbonyl (C=O) groups excluding carboxylic acids is 7. The lowest BCUT2D eigenvalue weighted by Crippen LogP contribution is -2.64. The van der Waals surface area contributed by atoms with Crippen LogP contribution in [0.4, 0.5) is 0 Å². The van der Waals surface area contributed by atoms with Gasteiger partial charge in [0.2, 0.25) is 53.4 Å². The van der Waals surface area contributed by atoms with E-state index in [1.54, 1.807) is 0 Å². The molecular formula is C70H81Cl2N9O28. The molecule has 12 rings (SSSR count). The van der Waals surface area contributed by atoms with Gasteiger partial charge in [-0.3, -0.25) is 43.2 Å². The van der Waals surface area contributed by atoms with E-state index in [9.17, 15) is 84.6 Å². The molecule has 39 heteroatoms. The van der Waals surface area contributed by atoms with Crippen molar-refractivity contribution in [3.63, 3.8) is 0 Å². The molecule has 7 heterocycles. The van der Waals surface area contributed by atoms with Crippen LogP contribution >= 0.6 is 23.2 Å². The van der Waals surface area contributed by atoms with Gasteiger partial charge in [-0.2, -0.15) is 0 Å². The van der Waals surface area contributed by atoms with E-state index in [4.69, 9.17) is 73.3 Å². The monoisotopic (exact) mass is 1570 g/mol. The quantitative estimate of drug-likeness (QED) is 0.0620. The molecule has 37 nitrogen and oxygen atoms in total. The number of likely N-dealkylation sites (N-methyl/N-ethyl adjacent to an activating group) is 1. The van der Waals surface area contributed by atoms with Crippen molar-refractivity contribution in [3.8, 4) is 57.1 Å². The minimum atomic E-state index is -2.35. The first-order valence-electron chi connectivity index (χ1n) is 33.7. The van der Waals surface area contributed by atoms with Crippen LogP contribution in [0.3, 0.4) is 0 Å². The molecule has 0 radical (unpaired) electrons. The molecule has 0 aromatic heterocycles. The zero-order chi connectivity index (χ0) is 80.1. The zero-order valence-corrected chi connectivity index (χ0v) is 60.0. The highest BCUT2D eigenvalue weighted by molar-refractivity contribution is 6.32. The number of ether oxygens (including phenoxy) is 6. The molecule has 109 heavy (non-hydrogen) atoms. The van der Waals surface area contributed by atoms with Crippen LogP contribution in [0.2, 0.25) is 10.0 Å². The summed E-state index contributed by atoms with van der Waals surface area (Å²) in [5.41, 5.74) is 8.00. The molecule has 18 atom stereocenters. The van der Waals surface area contributed by atoms with Crippen LogP contribution in [0.25, 0.3) is 11.1 Å². The molecule has 11 bridgehead atoms. The summed E-state index contributed by atoms with van der Waals surface area (Å²) in [6.07, 6.45) is -19.1. The van der Waals surface area contributed by atoms with Crippen molar-refractivity contribution in [3.05, 3.63) is 117 Å². The average Bonchev–Trinajstić information content (AvgIpc) is 0.769. The third-order valence-electron chi connectivity index (χ3n) is 18.3. The predicted octanol–water partition coefficient (Wildman–Crippen LogP) is 0.0420. The van der Waals surface area contributed by atoms with Crippen molar-refractivity contribution in [2.45, 2.75) is 169 Å². The van der Waals surface area contributed by atoms with Crippen LogP contribution in [-0.2, 0) is 62.2 Å². The summed E-state index contributed by atoms with van der Waals surface area (Å²) in [7, 11) is 1.47. The molecular weight excluding hydrogens is 1490 g/mol. The number of aliphatic hydroxyl groups is 6. The van der Waals surface area contributed by atoms with Crippen molar-refractivity contribution in [1.82, 2.24) is 37.2 Å². The first kappa shape index (κ1) is 82.8. The third kappa shape index (κ3) is 19.1. The number of hydrogen-bond acceptors (Lipinski definition) is 27. The summed E-state index contributed by atoms with van der Waals surface area (Å²) in [5.74, 6) is -18.1. The standard InChI is InChI=1S/C66H75Cl2N9O24.C4H6O4/c1-23(2)12-34(71-5)58(88)76-49-51(83)26-7-10-38(32(67)14-26)97-40-16-28-17-41(55(40)101-65-56(54(86)53(85)42(22-78)99-65)100-44-21-66(4,70)57(87)24(3)96-44)98-39-11-8-27(15-33(39)68)52(84)50-63(93)75-48(64(94)95)31-18-29(79)19-37(81)45(31)30-13-25(6-9-36(30)80)46(60(90)77-50)74-61(91)47(28)73-59(89)35(20-43(69)82)72-62(49)92;5-3(6)1-2-4(7)8/h6-11,13-19,23-24,34-35,42,44,46-54,56-57,65,71,78-81,83-87H,12,20-22,70H2,1-5H3,(H2,69,82)(H,72,92)(H,73,89)(H,74,91)(H,75,93)(H,76,88)(H,77,90)(H,94,95);1-2H2,(H,5,6)(H,7,8)/t24-,34+,35-,42+,44-,46+,47+,48-,49+,50-,51+,52+,53+,54-,56+,57+,65-,66-;/m0./s1. The highest BCUT2D eigenvalue weighted by Gasteiger charge is 2.52. The Morgan fingerprint density at radius 3 is 1.81 bits per heavy atom. The minimum absolute atomic E-state index is 0.0975. The van der Waals surface area contributed by atoms with E-state index in [1.807, 2.05) is 13.8 Å². The topological polar surface area (TPSA) is 605 Å². The fraction of sp³-hybridized carbons (Fsp3) is 0.429. The van der Waals surface area contributed by atoms with E-state index >= 15 is 14.4 Å². The van der Waals surface area contributed by atoms with Crippen molar-refractivity contribution in [2.24, 2.45) is 17.4 Å². The number of nitrogens with one attached hydrogen (secondary N) is 7. The second-order valence-corrected chi connectivity index (χ2v) is 27.8. The third-order valence-corrected chi connectivity index (χ3v) is 18.9. The Labute approximate surface area is 628 Å². The molecule has 0 spiro atoms. The summed E-state index contributed by atoms with van der Waals surface area (Å²) in [5, 5.41) is 146. The number of aromatic hydroxyl groups is 3. The number of phenolic OH excluding ortho intramolecular Hbond substituents is 3. The Hall–Kier alpha value is -10.3. The SMILES string of the molecule is CN[C@H](CC(C)C)C(=O)N[C@H]1C(=O)N[C@@H](CC(N)=O)C(=O)N[C@H]2C(=O)N[C@H]3C(=O)N[C@H](C(=O)N[C@H](C(=O)O)c4cc(O)cc(O)c4-c4cc3ccc4O)[C@H](O)c3ccc(c(Cl)c3)Oc3cc2cc(c3O[C@@H]2O[C@H](CO)[C@@H](O)[C@H](O)[C@H]2O[C@H]2C[C@](C)(N)[C@H](O)[C@H](C)O2)Oc2ccc(cc2Cl)[C@H]1O.O=C(O)CCC(=O)O. The Morgan fingerprint density at radius 1 is 0.679 bits per heavy atom. The molecule has 2 saturated heterocycles. The summed E-state index contributed by atoms with van der Waals surface area (Å²) < 4.78 is 38.3. The number of carboxylic acids is 3. The fourth-order valence-corrected chi connectivity index (χ4v) is 13.2. The van der Waals surface area contributed by atoms with E-state index in [0.717, 1.165) is 66.7 Å². The van der Waals surface area contributed by atoms with Crippen LogP contribution in [-0.4, -0.2) is 213 Å². The first-order valence-corrected chi connectivity index (χ1v) is 34.4. The number of primary amides is 1. The van der Waals surface area contributed by atoms with E-state index < -0.39 is 249 Å². The number of nitrogens with two attached hydrogens (primary N) is 2. The van der Waals surface area contributed by atoms with Gasteiger partial charge < -0.3 is 138 Å². The number of benzene rings is 5. The molecule has 23 N–H and O–H groups in total. The summed E-state index contributed by atoms with van der Waals surface area (Å²) in [6, 6.07) is -0.679. The number of carbonyl (C=O) groups is 10. The highest BCUT2D eigenvalue weighted by atomic mass is 35.5. The maximum atomic E-state index is 16.0. The van der Waals surface area contributed by atoms with Gasteiger partial charge in [0.1, 0.15) is 89.5 Å². The number of carboxylic acid groups (broad SMARTS) is 3. The molecule has 0 aliphatic carbocycles. The van der Waals surface area contributed by atoms with E-state index in [2.05, 4.69) is 37.2 Å². The summed E-state index contributed by atoms with van der Waals surface area (Å²) in [4.78, 5) is 136. The number of halogens is 2. The van der Waals surface area contributed by atoms with Crippen LogP contribution in [0.15, 0.2) is 78.9 Å². The van der Waals surface area contributed by atoms with Crippen LogP contribution in [0.1, 0.15) is 118 Å². The Morgan fingerprint density at radius 2 is 1.26 bits per heavy atom. The Bertz CT molecular complexity index is 4330. The maximum absolute atomic E-state index is 16.0. The van der Waals surface area contributed by atoms with Crippen LogP contribution in [0.5, 0.6) is 46.0 Å². The molecule has 0 saturated carbocycles. The van der Waals surface area contributed by atoms with Gasteiger partial charge >= 0.3 is 17.9 Å². The van der Waals surface area contributed by atoms with Gasteiger partial charge in [0.05, 0.1) is 54.2 Å². The lowest BCUT2D eigenvalue weighted by atomic mass is 9.86. The van der Waals surface area contributed by atoms with Gasteiger partial charge in [-0.1, -0.05) is 55.2 Å². The van der Waals surface area contributed by atoms with Gasteiger partial charge in [0.25, 0.3) is 0 Å². The van der Waals surface area contributed by atoms with Crippen molar-refractivity contribution in [1.29, 1.82) is 0 Å². The van der Waals surface area contributed by atoms with Gasteiger partial charge in [-0.25, -0.2) is 4.79 Å². The van der Waals surface area contributed by atoms with Crippen molar-refractivity contribution >= 4 is 82.5 Å². The normalized spacial score (nSPS) is 27.9. The van der Waals surface area contributed by atoms with Crippen molar-refractivity contribution < 1.29 is 138 Å². The molecule has 0 unspecified atom stereocenters. The fourth-order valence-electron chi connectivity index (χ4n) is 12.7. The average molecular weight is 1570 g/mol. The van der Waals surface area contributed by atoms with Crippen molar-refractivity contribution in [2.75, 3.05) is 13.7 Å². The molecule has 5 aromatic rings. The van der Waals surface area contributed by atoms with Crippen LogP contribution in [0, 0.1) is 5.92 Å². The molecule has 7 aliphatic rings. The molecule has 7 amide bonds.